The Balaban J connectivity index is 1.51. The zero-order valence-corrected chi connectivity index (χ0v) is 16.4. The summed E-state index contributed by atoms with van der Waals surface area (Å²) in [4.78, 5) is 29.5. The van der Waals surface area contributed by atoms with Gasteiger partial charge in [-0.15, -0.1) is 0 Å². The molecule has 1 N–H and O–H groups in total. The van der Waals surface area contributed by atoms with Crippen LogP contribution >= 0.6 is 0 Å². The first-order valence-corrected chi connectivity index (χ1v) is 10.1. The Labute approximate surface area is 168 Å². The summed E-state index contributed by atoms with van der Waals surface area (Å²) < 4.78 is 10.9. The van der Waals surface area contributed by atoms with E-state index in [0.717, 1.165) is 37.2 Å². The van der Waals surface area contributed by atoms with Crippen LogP contribution in [0.4, 0.5) is 5.82 Å². The van der Waals surface area contributed by atoms with Crippen molar-refractivity contribution in [2.45, 2.75) is 12.8 Å². The van der Waals surface area contributed by atoms with E-state index >= 15 is 0 Å². The number of carbonyl (C=O) groups is 2. The number of benzene rings is 1. The minimum absolute atomic E-state index is 0.0470. The quantitative estimate of drug-likeness (QED) is 0.848. The van der Waals surface area contributed by atoms with E-state index in [2.05, 4.69) is 15.4 Å². The molecule has 1 aromatic heterocycles. The average molecular weight is 396 g/mol. The number of likely N-dealkylation sites (tertiary alicyclic amines) is 1. The van der Waals surface area contributed by atoms with Crippen LogP contribution in [-0.4, -0.2) is 61.7 Å². The summed E-state index contributed by atoms with van der Waals surface area (Å²) in [5.74, 6) is 1.83. The normalized spacial score (nSPS) is 23.4. The Bertz CT molecular complexity index is 933. The average Bonchev–Trinajstić information content (AvgIpc) is 3.52. The summed E-state index contributed by atoms with van der Waals surface area (Å²) in [5.41, 5.74) is 1.28. The standard InChI is InChI=1S/C21H24N4O4/c1-28-15-6-4-13(5-7-15)18-17(19(23-29-18)24-8-2-3-9-24)21(27)25-11-14-10-22-20(26)16(14)12-25/h4-7,14,16H,2-3,8-12H2,1H3,(H,22,26)/t14-,16+/m0/s1. The molecule has 3 saturated heterocycles. The molecule has 4 heterocycles. The molecule has 0 bridgehead atoms. The predicted octanol–water partition coefficient (Wildman–Crippen LogP) is 1.77. The first-order chi connectivity index (χ1) is 14.2. The van der Waals surface area contributed by atoms with E-state index in [1.54, 1.807) is 12.0 Å². The molecule has 8 nitrogen and oxygen atoms in total. The SMILES string of the molecule is COc1ccc(-c2onc(N3CCCC3)c2C(=O)N2C[C@@H]3CNC(=O)[C@@H]3C2)cc1. The highest BCUT2D eigenvalue weighted by atomic mass is 16.5. The largest absolute Gasteiger partial charge is 0.497 e. The number of nitrogens with zero attached hydrogens (tertiary/aromatic N) is 3. The van der Waals surface area contributed by atoms with Crippen LogP contribution in [0, 0.1) is 11.8 Å². The summed E-state index contributed by atoms with van der Waals surface area (Å²) in [5, 5.41) is 7.18. The van der Waals surface area contributed by atoms with Gasteiger partial charge in [-0.25, -0.2) is 0 Å². The van der Waals surface area contributed by atoms with Crippen molar-refractivity contribution in [2.24, 2.45) is 11.8 Å². The molecule has 2 aromatic rings. The molecule has 0 spiro atoms. The van der Waals surface area contributed by atoms with E-state index in [0.29, 0.717) is 36.8 Å². The fourth-order valence-electron chi connectivity index (χ4n) is 4.62. The van der Waals surface area contributed by atoms with Crippen LogP contribution in [0.1, 0.15) is 23.2 Å². The van der Waals surface area contributed by atoms with E-state index < -0.39 is 0 Å². The number of hydrogen-bond acceptors (Lipinski definition) is 6. The van der Waals surface area contributed by atoms with Gasteiger partial charge < -0.3 is 24.4 Å². The van der Waals surface area contributed by atoms with Gasteiger partial charge in [-0.1, -0.05) is 5.16 Å². The van der Waals surface area contributed by atoms with Gasteiger partial charge in [0.25, 0.3) is 5.91 Å². The molecule has 0 aliphatic carbocycles. The molecule has 8 heteroatoms. The number of nitrogens with one attached hydrogen (secondary N) is 1. The smallest absolute Gasteiger partial charge is 0.261 e. The molecule has 3 fully saturated rings. The van der Waals surface area contributed by atoms with Gasteiger partial charge in [0.2, 0.25) is 5.91 Å². The summed E-state index contributed by atoms with van der Waals surface area (Å²) >= 11 is 0. The second kappa shape index (κ2) is 7.09. The lowest BCUT2D eigenvalue weighted by molar-refractivity contribution is -0.122. The zero-order valence-electron chi connectivity index (χ0n) is 16.4. The van der Waals surface area contributed by atoms with Crippen molar-refractivity contribution in [1.82, 2.24) is 15.4 Å². The van der Waals surface area contributed by atoms with Crippen molar-refractivity contribution < 1.29 is 18.8 Å². The Kier molecular flexibility index (Phi) is 4.41. The first kappa shape index (κ1) is 18.0. The molecule has 2 amide bonds. The number of aromatic nitrogens is 1. The van der Waals surface area contributed by atoms with E-state index in [9.17, 15) is 9.59 Å². The number of rotatable bonds is 4. The zero-order chi connectivity index (χ0) is 20.0. The number of anilines is 1. The topological polar surface area (TPSA) is 87.9 Å². The van der Waals surface area contributed by atoms with Gasteiger partial charge in [-0.2, -0.15) is 0 Å². The number of fused-ring (bicyclic) bond motifs is 1. The minimum atomic E-state index is -0.113. The lowest BCUT2D eigenvalue weighted by Crippen LogP contribution is -2.34. The molecule has 5 rings (SSSR count). The lowest BCUT2D eigenvalue weighted by atomic mass is 10.0. The van der Waals surface area contributed by atoms with Crippen LogP contribution in [0.5, 0.6) is 5.75 Å². The summed E-state index contributed by atoms with van der Waals surface area (Å²) in [7, 11) is 1.62. The summed E-state index contributed by atoms with van der Waals surface area (Å²) in [6, 6.07) is 7.42. The maximum Gasteiger partial charge on any atom is 0.261 e. The van der Waals surface area contributed by atoms with Crippen molar-refractivity contribution in [3.05, 3.63) is 29.8 Å². The van der Waals surface area contributed by atoms with Gasteiger partial charge in [-0.05, 0) is 37.1 Å². The lowest BCUT2D eigenvalue weighted by Gasteiger charge is -2.20. The third kappa shape index (κ3) is 3.03. The second-order valence-electron chi connectivity index (χ2n) is 7.95. The van der Waals surface area contributed by atoms with Gasteiger partial charge in [0.15, 0.2) is 11.6 Å². The van der Waals surface area contributed by atoms with Crippen LogP contribution in [0.25, 0.3) is 11.3 Å². The molecule has 152 valence electrons. The van der Waals surface area contributed by atoms with E-state index in [-0.39, 0.29) is 23.7 Å². The predicted molar refractivity (Wildman–Crippen MR) is 106 cm³/mol. The number of amides is 2. The highest BCUT2D eigenvalue weighted by Crippen LogP contribution is 2.37. The van der Waals surface area contributed by atoms with E-state index in [1.807, 2.05) is 24.3 Å². The van der Waals surface area contributed by atoms with Gasteiger partial charge >= 0.3 is 0 Å². The van der Waals surface area contributed by atoms with E-state index in [1.165, 1.54) is 0 Å². The molecule has 2 atom stereocenters. The van der Waals surface area contributed by atoms with Crippen molar-refractivity contribution in [3.63, 3.8) is 0 Å². The summed E-state index contributed by atoms with van der Waals surface area (Å²) in [6.45, 7) is 3.39. The molecule has 29 heavy (non-hydrogen) atoms. The highest BCUT2D eigenvalue weighted by Gasteiger charge is 2.45. The molecule has 3 aliphatic heterocycles. The highest BCUT2D eigenvalue weighted by molar-refractivity contribution is 6.04. The molecule has 0 unspecified atom stereocenters. The molecular formula is C21H24N4O4. The van der Waals surface area contributed by atoms with Gasteiger partial charge in [0, 0.05) is 44.2 Å². The number of ether oxygens (including phenoxy) is 1. The van der Waals surface area contributed by atoms with Crippen molar-refractivity contribution >= 4 is 17.6 Å². The van der Waals surface area contributed by atoms with E-state index in [4.69, 9.17) is 9.26 Å². The number of carbonyl (C=O) groups excluding carboxylic acids is 2. The van der Waals surface area contributed by atoms with Gasteiger partial charge in [0.05, 0.1) is 13.0 Å². The minimum Gasteiger partial charge on any atom is -0.497 e. The van der Waals surface area contributed by atoms with Crippen LogP contribution in [-0.2, 0) is 4.79 Å². The Hall–Kier alpha value is -3.03. The Morgan fingerprint density at radius 3 is 2.66 bits per heavy atom. The number of hydrogen-bond donors (Lipinski definition) is 1. The molecule has 0 radical (unpaired) electrons. The second-order valence-corrected chi connectivity index (χ2v) is 7.95. The maximum atomic E-state index is 13.6. The molecule has 3 aliphatic rings. The Morgan fingerprint density at radius 1 is 1.21 bits per heavy atom. The molecule has 1 aromatic carbocycles. The van der Waals surface area contributed by atoms with Crippen molar-refractivity contribution in [3.8, 4) is 17.1 Å². The third-order valence-corrected chi connectivity index (χ3v) is 6.25. The van der Waals surface area contributed by atoms with Gasteiger partial charge in [-0.3, -0.25) is 9.59 Å². The first-order valence-electron chi connectivity index (χ1n) is 10.1. The Morgan fingerprint density at radius 2 is 1.97 bits per heavy atom. The van der Waals surface area contributed by atoms with Crippen LogP contribution in [0.2, 0.25) is 0 Å². The third-order valence-electron chi connectivity index (χ3n) is 6.25. The summed E-state index contributed by atoms with van der Waals surface area (Å²) in [6.07, 6.45) is 2.15. The van der Waals surface area contributed by atoms with Crippen LogP contribution < -0.4 is 15.0 Å². The molecule has 0 saturated carbocycles. The van der Waals surface area contributed by atoms with Gasteiger partial charge in [0.1, 0.15) is 11.3 Å². The van der Waals surface area contributed by atoms with Crippen LogP contribution in [0.15, 0.2) is 28.8 Å². The monoisotopic (exact) mass is 396 g/mol. The maximum absolute atomic E-state index is 13.6. The molecular weight excluding hydrogens is 372 g/mol. The fraction of sp³-hybridized carbons (Fsp3) is 0.476. The van der Waals surface area contributed by atoms with Crippen molar-refractivity contribution in [2.75, 3.05) is 44.7 Å². The fourth-order valence-corrected chi connectivity index (χ4v) is 4.62. The van der Waals surface area contributed by atoms with Crippen LogP contribution in [0.3, 0.4) is 0 Å². The number of methoxy groups -OCH3 is 1. The van der Waals surface area contributed by atoms with Crippen molar-refractivity contribution in [1.29, 1.82) is 0 Å².